The Bertz CT molecular complexity index is 1150. The van der Waals surface area contributed by atoms with Crippen LogP contribution >= 0.6 is 0 Å². The minimum atomic E-state index is -0.533. The maximum Gasteiger partial charge on any atom is 0.320 e. The van der Waals surface area contributed by atoms with Gasteiger partial charge in [0.1, 0.15) is 11.6 Å². The third kappa shape index (κ3) is 4.86. The van der Waals surface area contributed by atoms with Crippen LogP contribution in [0, 0.1) is 5.82 Å². The number of ether oxygens (including phenoxy) is 1. The fourth-order valence-electron chi connectivity index (χ4n) is 4.41. The highest BCUT2D eigenvalue weighted by molar-refractivity contribution is 5.90. The summed E-state index contributed by atoms with van der Waals surface area (Å²) >= 11 is 0. The van der Waals surface area contributed by atoms with Crippen LogP contribution in [0.15, 0.2) is 18.2 Å². The van der Waals surface area contributed by atoms with Gasteiger partial charge in [-0.3, -0.25) is 0 Å². The van der Waals surface area contributed by atoms with Crippen LogP contribution in [0.4, 0.5) is 25.5 Å². The number of morpholine rings is 1. The van der Waals surface area contributed by atoms with Crippen LogP contribution < -0.4 is 15.5 Å². The summed E-state index contributed by atoms with van der Waals surface area (Å²) < 4.78 is 20.8. The zero-order valence-corrected chi connectivity index (χ0v) is 20.2. The van der Waals surface area contributed by atoms with Crippen molar-refractivity contribution in [2.24, 2.45) is 0 Å². The summed E-state index contributed by atoms with van der Waals surface area (Å²) in [6, 6.07) is 4.32. The number of anilines is 2. The Morgan fingerprint density at radius 3 is 2.69 bits per heavy atom. The second-order valence-electron chi connectivity index (χ2n) is 9.51. The van der Waals surface area contributed by atoms with E-state index < -0.39 is 5.82 Å². The third-order valence-corrected chi connectivity index (χ3v) is 6.43. The van der Waals surface area contributed by atoms with Gasteiger partial charge in [-0.05, 0) is 38.0 Å². The Kier molecular flexibility index (Phi) is 6.18. The van der Waals surface area contributed by atoms with E-state index in [0.29, 0.717) is 50.0 Å². The molecule has 0 unspecified atom stereocenters. The summed E-state index contributed by atoms with van der Waals surface area (Å²) in [6.07, 6.45) is 1.94. The van der Waals surface area contributed by atoms with E-state index >= 15 is 4.39 Å². The van der Waals surface area contributed by atoms with Crippen LogP contribution in [0.1, 0.15) is 31.0 Å². The average Bonchev–Trinajstić information content (AvgIpc) is 3.52. The van der Waals surface area contributed by atoms with Gasteiger partial charge in [0.25, 0.3) is 0 Å². The van der Waals surface area contributed by atoms with Gasteiger partial charge in [-0.15, -0.1) is 0 Å². The lowest BCUT2D eigenvalue weighted by atomic mass is 10.1. The maximum atomic E-state index is 15.2. The molecule has 2 fully saturated rings. The molecule has 1 aromatic carbocycles. The molecular formula is C24H30FN7O3. The predicted octanol–water partition coefficient (Wildman–Crippen LogP) is 2.79. The third-order valence-electron chi connectivity index (χ3n) is 6.43. The molecule has 2 aromatic rings. The zero-order valence-electron chi connectivity index (χ0n) is 20.2. The minimum absolute atomic E-state index is 0.0793. The maximum absolute atomic E-state index is 15.2. The summed E-state index contributed by atoms with van der Waals surface area (Å²) in [7, 11) is 3.42. The van der Waals surface area contributed by atoms with Gasteiger partial charge < -0.3 is 30.1 Å². The van der Waals surface area contributed by atoms with Crippen molar-refractivity contribution in [2.45, 2.75) is 44.9 Å². The van der Waals surface area contributed by atoms with E-state index in [2.05, 4.69) is 27.4 Å². The van der Waals surface area contributed by atoms with E-state index in [-0.39, 0.29) is 35.5 Å². The fraction of sp³-hybridized carbons (Fsp3) is 0.500. The van der Waals surface area contributed by atoms with Gasteiger partial charge in [0.05, 0.1) is 43.6 Å². The number of nitrogens with one attached hydrogen (secondary N) is 2. The van der Waals surface area contributed by atoms with Gasteiger partial charge in [-0.25, -0.2) is 23.9 Å². The summed E-state index contributed by atoms with van der Waals surface area (Å²) in [5.41, 5.74) is 2.19. The number of aromatic nitrogens is 2. The lowest BCUT2D eigenvalue weighted by molar-refractivity contribution is 0.0984. The molecule has 3 heterocycles. The smallest absolute Gasteiger partial charge is 0.320 e. The largest absolute Gasteiger partial charge is 0.377 e. The van der Waals surface area contributed by atoms with Gasteiger partial charge in [0.2, 0.25) is 0 Å². The van der Waals surface area contributed by atoms with Crippen molar-refractivity contribution in [1.29, 1.82) is 0 Å². The van der Waals surface area contributed by atoms with Crippen LogP contribution in [0.25, 0.3) is 11.4 Å². The number of rotatable bonds is 4. The number of carbonyl (C=O) groups excluding carboxylic acids is 2. The van der Waals surface area contributed by atoms with Crippen molar-refractivity contribution in [2.75, 3.05) is 44.1 Å². The average molecular weight is 484 g/mol. The Balaban J connectivity index is 1.47. The van der Waals surface area contributed by atoms with Crippen LogP contribution in [0.2, 0.25) is 0 Å². The van der Waals surface area contributed by atoms with Crippen LogP contribution in [-0.4, -0.2) is 77.8 Å². The summed E-state index contributed by atoms with van der Waals surface area (Å²) in [5.74, 6) is 0.428. The number of carbonyl (C=O) groups is 2. The molecule has 11 heteroatoms. The van der Waals surface area contributed by atoms with E-state index in [4.69, 9.17) is 9.72 Å². The Morgan fingerprint density at radius 1 is 1.20 bits per heavy atom. The van der Waals surface area contributed by atoms with Crippen molar-refractivity contribution in [3.63, 3.8) is 0 Å². The summed E-state index contributed by atoms with van der Waals surface area (Å²) in [4.78, 5) is 39.5. The number of hydrogen-bond acceptors (Lipinski definition) is 6. The number of halogens is 1. The first-order valence-electron chi connectivity index (χ1n) is 11.9. The molecule has 10 nitrogen and oxygen atoms in total. The van der Waals surface area contributed by atoms with E-state index in [1.807, 2.05) is 0 Å². The first-order valence-corrected chi connectivity index (χ1v) is 11.9. The summed E-state index contributed by atoms with van der Waals surface area (Å²) in [6.45, 7) is 4.55. The number of nitrogens with zero attached hydrogens (tertiary/aromatic N) is 5. The molecule has 1 aliphatic carbocycles. The minimum Gasteiger partial charge on any atom is -0.377 e. The van der Waals surface area contributed by atoms with Gasteiger partial charge in [-0.2, -0.15) is 0 Å². The number of hydrogen-bond donors (Lipinski definition) is 2. The van der Waals surface area contributed by atoms with E-state index in [1.165, 1.54) is 11.0 Å². The number of fused-ring (bicyclic) bond motifs is 1. The molecule has 186 valence electrons. The van der Waals surface area contributed by atoms with Crippen LogP contribution in [-0.2, 0) is 17.8 Å². The number of amides is 4. The molecule has 35 heavy (non-hydrogen) atoms. The molecule has 1 saturated heterocycles. The van der Waals surface area contributed by atoms with Gasteiger partial charge >= 0.3 is 12.1 Å². The molecule has 0 spiro atoms. The topological polar surface area (TPSA) is 103 Å². The van der Waals surface area contributed by atoms with Gasteiger partial charge in [0, 0.05) is 37.9 Å². The SMILES string of the molecule is C[C@H]1COCCN1c1nc(-c2ccc(NC(=O)NC3CC3)cc2F)nc2c1CN(C(=O)N(C)C)C2. The van der Waals surface area contributed by atoms with Gasteiger partial charge in [0.15, 0.2) is 5.82 Å². The Morgan fingerprint density at radius 2 is 2.00 bits per heavy atom. The molecule has 0 bridgehead atoms. The Labute approximate surface area is 203 Å². The number of urea groups is 2. The first kappa shape index (κ1) is 23.3. The first-order chi connectivity index (χ1) is 16.8. The zero-order chi connectivity index (χ0) is 24.7. The molecule has 3 aliphatic rings. The second kappa shape index (κ2) is 9.29. The van der Waals surface area contributed by atoms with Crippen molar-refractivity contribution >= 4 is 23.6 Å². The molecule has 1 saturated carbocycles. The predicted molar refractivity (Wildman–Crippen MR) is 129 cm³/mol. The quantitative estimate of drug-likeness (QED) is 0.693. The second-order valence-corrected chi connectivity index (χ2v) is 9.51. The number of benzene rings is 1. The van der Waals surface area contributed by atoms with Crippen LogP contribution in [0.5, 0.6) is 0 Å². The van der Waals surface area contributed by atoms with Crippen molar-refractivity contribution in [1.82, 2.24) is 25.1 Å². The molecule has 5 rings (SSSR count). The van der Waals surface area contributed by atoms with Crippen LogP contribution in [0.3, 0.4) is 0 Å². The lowest BCUT2D eigenvalue weighted by Gasteiger charge is -2.35. The highest BCUT2D eigenvalue weighted by atomic mass is 19.1. The molecule has 2 aliphatic heterocycles. The normalized spacial score (nSPS) is 19.4. The molecule has 1 atom stereocenters. The summed E-state index contributed by atoms with van der Waals surface area (Å²) in [5, 5.41) is 5.49. The molecule has 2 N–H and O–H groups in total. The van der Waals surface area contributed by atoms with E-state index in [0.717, 1.165) is 18.4 Å². The lowest BCUT2D eigenvalue weighted by Crippen LogP contribution is -2.44. The molecule has 0 radical (unpaired) electrons. The fourth-order valence-corrected chi connectivity index (χ4v) is 4.41. The standard InChI is InChI=1S/C24H30FN7O3/c1-14-13-35-9-8-32(14)22-18-11-31(24(34)30(2)3)12-20(18)28-21(29-22)17-7-6-16(10-19(17)25)27-23(33)26-15-4-5-15/h6-7,10,14-15H,4-5,8-9,11-13H2,1-3H3,(H2,26,27,33)/t14-/m0/s1. The van der Waals surface area contributed by atoms with Crippen molar-refractivity contribution in [3.05, 3.63) is 35.3 Å². The molecular weight excluding hydrogens is 453 g/mol. The van der Waals surface area contributed by atoms with Gasteiger partial charge in [-0.1, -0.05) is 0 Å². The highest BCUT2D eigenvalue weighted by Gasteiger charge is 2.33. The highest BCUT2D eigenvalue weighted by Crippen LogP contribution is 2.34. The monoisotopic (exact) mass is 483 g/mol. The molecule has 1 aromatic heterocycles. The van der Waals surface area contributed by atoms with E-state index in [9.17, 15) is 9.59 Å². The van der Waals surface area contributed by atoms with Crippen molar-refractivity contribution in [3.8, 4) is 11.4 Å². The van der Waals surface area contributed by atoms with E-state index in [1.54, 1.807) is 31.1 Å². The van der Waals surface area contributed by atoms with Crippen molar-refractivity contribution < 1.29 is 18.7 Å². The Hall–Kier alpha value is -3.47. The molecule has 4 amide bonds.